The second-order valence-corrected chi connectivity index (χ2v) is 7.01. The molecule has 1 aliphatic rings. The molecule has 1 aromatic heterocycles. The average molecular weight is 328 g/mol. The van der Waals surface area contributed by atoms with E-state index in [2.05, 4.69) is 38.9 Å². The van der Waals surface area contributed by atoms with Gasteiger partial charge >= 0.3 is 0 Å². The number of aryl methyl sites for hydroxylation is 4. The Balaban J connectivity index is 1.41. The summed E-state index contributed by atoms with van der Waals surface area (Å²) in [6.45, 7) is 2.80. The minimum absolute atomic E-state index is 0.507. The molecular formula is C18H24N4S. The molecule has 0 bridgehead atoms. The first kappa shape index (κ1) is 16.0. The van der Waals surface area contributed by atoms with Crippen LogP contribution in [0.1, 0.15) is 41.1 Å². The van der Waals surface area contributed by atoms with E-state index >= 15 is 0 Å². The maximum atomic E-state index is 5.98. The lowest BCUT2D eigenvalue weighted by Crippen LogP contribution is -2.23. The summed E-state index contributed by atoms with van der Waals surface area (Å²) >= 11 is 1.74. The highest BCUT2D eigenvalue weighted by Gasteiger charge is 2.10. The molecule has 2 aromatic rings. The number of nitrogens with two attached hydrogens (primary N) is 1. The number of thiazole rings is 1. The molecule has 0 atom stereocenters. The SMILES string of the molecule is Cc1csc(CCCCN=C(N)Nc2ccc3c(c2)CCC3)n1. The molecule has 0 radical (unpaired) electrons. The highest BCUT2D eigenvalue weighted by Crippen LogP contribution is 2.24. The fraction of sp³-hybridized carbons (Fsp3) is 0.444. The summed E-state index contributed by atoms with van der Waals surface area (Å²) in [5.41, 5.74) is 11.1. The van der Waals surface area contributed by atoms with Gasteiger partial charge in [0.25, 0.3) is 0 Å². The molecule has 5 heteroatoms. The summed E-state index contributed by atoms with van der Waals surface area (Å²) in [5.74, 6) is 0.507. The lowest BCUT2D eigenvalue weighted by molar-refractivity contribution is 0.741. The van der Waals surface area contributed by atoms with E-state index in [1.54, 1.807) is 11.3 Å². The van der Waals surface area contributed by atoms with E-state index in [0.29, 0.717) is 5.96 Å². The van der Waals surface area contributed by atoms with Gasteiger partial charge in [-0.15, -0.1) is 11.3 Å². The smallest absolute Gasteiger partial charge is 0.193 e. The van der Waals surface area contributed by atoms with Crippen molar-refractivity contribution in [2.75, 3.05) is 11.9 Å². The molecule has 0 unspecified atom stereocenters. The minimum Gasteiger partial charge on any atom is -0.370 e. The topological polar surface area (TPSA) is 63.3 Å². The summed E-state index contributed by atoms with van der Waals surface area (Å²) in [7, 11) is 0. The Hall–Kier alpha value is -1.88. The zero-order valence-corrected chi connectivity index (χ0v) is 14.5. The standard InChI is InChI=1S/C18H24N4S/c1-13-12-23-17(21-13)7-2-3-10-20-18(19)22-16-9-8-14-5-4-6-15(14)11-16/h8-9,11-12H,2-7,10H2,1H3,(H3,19,20,22). The van der Waals surface area contributed by atoms with E-state index in [1.807, 2.05) is 6.92 Å². The van der Waals surface area contributed by atoms with Crippen molar-refractivity contribution in [1.82, 2.24) is 4.98 Å². The molecule has 0 fully saturated rings. The van der Waals surface area contributed by atoms with E-state index in [1.165, 1.54) is 35.4 Å². The van der Waals surface area contributed by atoms with Crippen LogP contribution in [0.3, 0.4) is 0 Å². The number of unbranched alkanes of at least 4 members (excludes halogenated alkanes) is 1. The number of nitrogens with one attached hydrogen (secondary N) is 1. The fourth-order valence-corrected chi connectivity index (χ4v) is 3.76. The number of hydrogen-bond donors (Lipinski definition) is 2. The Morgan fingerprint density at radius 2 is 2.17 bits per heavy atom. The lowest BCUT2D eigenvalue weighted by Gasteiger charge is -2.08. The summed E-state index contributed by atoms with van der Waals surface area (Å²) in [5, 5.41) is 6.52. The molecule has 4 nitrogen and oxygen atoms in total. The monoisotopic (exact) mass is 328 g/mol. The third-order valence-electron chi connectivity index (χ3n) is 4.12. The number of aromatic nitrogens is 1. The highest BCUT2D eigenvalue weighted by atomic mass is 32.1. The van der Waals surface area contributed by atoms with Crippen LogP contribution in [-0.2, 0) is 19.3 Å². The molecule has 3 N–H and O–H groups in total. The number of benzene rings is 1. The number of aliphatic imine (C=N–C) groups is 1. The molecule has 0 amide bonds. The molecule has 1 heterocycles. The van der Waals surface area contributed by atoms with E-state index < -0.39 is 0 Å². The molecule has 1 aliphatic carbocycles. The zero-order valence-electron chi connectivity index (χ0n) is 13.6. The van der Waals surface area contributed by atoms with Crippen LogP contribution in [0, 0.1) is 6.92 Å². The number of guanidine groups is 1. The highest BCUT2D eigenvalue weighted by molar-refractivity contribution is 7.09. The maximum absolute atomic E-state index is 5.98. The van der Waals surface area contributed by atoms with Crippen molar-refractivity contribution in [3.8, 4) is 0 Å². The Bertz CT molecular complexity index is 690. The Kier molecular flexibility index (Phi) is 5.28. The van der Waals surface area contributed by atoms with E-state index in [0.717, 1.165) is 37.2 Å². The number of fused-ring (bicyclic) bond motifs is 1. The van der Waals surface area contributed by atoms with Crippen molar-refractivity contribution in [2.45, 2.75) is 45.4 Å². The maximum Gasteiger partial charge on any atom is 0.193 e. The van der Waals surface area contributed by atoms with Gasteiger partial charge in [0, 0.05) is 23.3 Å². The summed E-state index contributed by atoms with van der Waals surface area (Å²) in [4.78, 5) is 8.89. The number of hydrogen-bond acceptors (Lipinski definition) is 3. The first-order valence-electron chi connectivity index (χ1n) is 8.30. The molecule has 0 saturated heterocycles. The second kappa shape index (κ2) is 7.59. The number of nitrogens with zero attached hydrogens (tertiary/aromatic N) is 2. The van der Waals surface area contributed by atoms with Crippen LogP contribution in [0.25, 0.3) is 0 Å². The van der Waals surface area contributed by atoms with Gasteiger partial charge in [0.15, 0.2) is 5.96 Å². The second-order valence-electron chi connectivity index (χ2n) is 6.07. The van der Waals surface area contributed by atoms with E-state index in [-0.39, 0.29) is 0 Å². The predicted molar refractivity (Wildman–Crippen MR) is 98.4 cm³/mol. The van der Waals surface area contributed by atoms with Gasteiger partial charge in [-0.05, 0) is 68.7 Å². The van der Waals surface area contributed by atoms with Crippen LogP contribution in [0.2, 0.25) is 0 Å². The van der Waals surface area contributed by atoms with Crippen LogP contribution in [0.15, 0.2) is 28.6 Å². The Labute approximate surface area is 141 Å². The molecular weight excluding hydrogens is 304 g/mol. The van der Waals surface area contributed by atoms with Crippen molar-refractivity contribution < 1.29 is 0 Å². The normalized spacial score (nSPS) is 14.0. The van der Waals surface area contributed by atoms with Gasteiger partial charge < -0.3 is 11.1 Å². The summed E-state index contributed by atoms with van der Waals surface area (Å²) in [6.07, 6.45) is 6.82. The van der Waals surface area contributed by atoms with Crippen molar-refractivity contribution in [1.29, 1.82) is 0 Å². The van der Waals surface area contributed by atoms with Crippen molar-refractivity contribution >= 4 is 23.0 Å². The van der Waals surface area contributed by atoms with Crippen molar-refractivity contribution in [3.63, 3.8) is 0 Å². The molecule has 0 saturated carbocycles. The largest absolute Gasteiger partial charge is 0.370 e. The molecule has 3 rings (SSSR count). The first-order chi connectivity index (χ1) is 11.2. The Morgan fingerprint density at radius 3 is 3.00 bits per heavy atom. The molecule has 0 spiro atoms. The van der Waals surface area contributed by atoms with Gasteiger partial charge in [0.1, 0.15) is 0 Å². The summed E-state index contributed by atoms with van der Waals surface area (Å²) < 4.78 is 0. The molecule has 0 aliphatic heterocycles. The average Bonchev–Trinajstić information content (AvgIpc) is 3.15. The van der Waals surface area contributed by atoms with E-state index in [4.69, 9.17) is 5.73 Å². The third-order valence-corrected chi connectivity index (χ3v) is 5.14. The van der Waals surface area contributed by atoms with Gasteiger partial charge in [0.05, 0.1) is 5.01 Å². The van der Waals surface area contributed by atoms with Gasteiger partial charge in [0.2, 0.25) is 0 Å². The minimum atomic E-state index is 0.507. The molecule has 122 valence electrons. The first-order valence-corrected chi connectivity index (χ1v) is 9.18. The Morgan fingerprint density at radius 1 is 1.30 bits per heavy atom. The van der Waals surface area contributed by atoms with Crippen LogP contribution >= 0.6 is 11.3 Å². The predicted octanol–water partition coefficient (Wildman–Crippen LogP) is 3.69. The zero-order chi connectivity index (χ0) is 16.1. The third kappa shape index (κ3) is 4.55. The number of anilines is 1. The van der Waals surface area contributed by atoms with Gasteiger partial charge in [-0.3, -0.25) is 4.99 Å². The van der Waals surface area contributed by atoms with Gasteiger partial charge in [-0.2, -0.15) is 0 Å². The fourth-order valence-electron chi connectivity index (χ4n) is 2.94. The van der Waals surface area contributed by atoms with Crippen molar-refractivity contribution in [2.24, 2.45) is 10.7 Å². The van der Waals surface area contributed by atoms with Crippen LogP contribution in [0.5, 0.6) is 0 Å². The van der Waals surface area contributed by atoms with Gasteiger partial charge in [-0.1, -0.05) is 6.07 Å². The lowest BCUT2D eigenvalue weighted by atomic mass is 10.1. The van der Waals surface area contributed by atoms with E-state index in [9.17, 15) is 0 Å². The van der Waals surface area contributed by atoms with Crippen LogP contribution in [0.4, 0.5) is 5.69 Å². The van der Waals surface area contributed by atoms with Gasteiger partial charge in [-0.25, -0.2) is 4.98 Å². The van der Waals surface area contributed by atoms with Crippen molar-refractivity contribution in [3.05, 3.63) is 45.4 Å². The molecule has 23 heavy (non-hydrogen) atoms. The van der Waals surface area contributed by atoms with Crippen LogP contribution < -0.4 is 11.1 Å². The number of rotatable bonds is 6. The van der Waals surface area contributed by atoms with Crippen LogP contribution in [-0.4, -0.2) is 17.5 Å². The molecule has 1 aromatic carbocycles. The quantitative estimate of drug-likeness (QED) is 0.483. The summed E-state index contributed by atoms with van der Waals surface area (Å²) in [6, 6.07) is 6.50.